The number of hydrogen-bond donors (Lipinski definition) is 0. The molecule has 3 aliphatic rings. The van der Waals surface area contributed by atoms with E-state index in [-0.39, 0.29) is 16.2 Å². The largest absolute Gasteiger partial charge is 0.467 e. The van der Waals surface area contributed by atoms with E-state index in [1.54, 1.807) is 0 Å². The first kappa shape index (κ1) is 36.1. The number of aromatic nitrogens is 3. The molecule has 0 amide bonds. The van der Waals surface area contributed by atoms with Crippen molar-refractivity contribution >= 4 is 27.7 Å². The molecule has 9 rings (SSSR count). The topological polar surface area (TPSA) is 61.5 Å². The molecule has 58 heavy (non-hydrogen) atoms. The summed E-state index contributed by atoms with van der Waals surface area (Å²) in [4.78, 5) is 15.5. The number of hydrogen-bond acceptors (Lipinski definition) is 5. The average Bonchev–Trinajstić information content (AvgIpc) is 3.68. The van der Waals surface area contributed by atoms with E-state index >= 15 is 0 Å². The fraction of sp³-hybridized carbons (Fsp3) is 0.442. The van der Waals surface area contributed by atoms with Crippen LogP contribution in [0.2, 0.25) is 0 Å². The van der Waals surface area contributed by atoms with E-state index in [0.717, 1.165) is 50.6 Å². The Balaban J connectivity index is 1.23. The zero-order valence-electron chi connectivity index (χ0n) is 39.4. The summed E-state index contributed by atoms with van der Waals surface area (Å²) in [6.45, 7) is 34.4. The molecule has 0 unspecified atom stereocenters. The second kappa shape index (κ2) is 11.8. The van der Waals surface area contributed by atoms with Gasteiger partial charge in [0.2, 0.25) is 5.90 Å². The van der Waals surface area contributed by atoms with Crippen LogP contribution in [0.1, 0.15) is 147 Å². The molecule has 6 aromatic rings. The first-order valence-electron chi connectivity index (χ1n) is 21.8. The van der Waals surface area contributed by atoms with Gasteiger partial charge in [0.25, 0.3) is 0 Å². The van der Waals surface area contributed by atoms with Gasteiger partial charge in [0.1, 0.15) is 22.9 Å². The molecular formula is C52H60N4O2. The van der Waals surface area contributed by atoms with Crippen LogP contribution in [0.25, 0.3) is 27.6 Å². The van der Waals surface area contributed by atoms with E-state index in [4.69, 9.17) is 24.4 Å². The number of aliphatic imine (C=N–C) groups is 1. The third-order valence-corrected chi connectivity index (χ3v) is 13.4. The number of nitrogens with zero attached hydrogens (tertiary/aromatic N) is 4. The lowest BCUT2D eigenvalue weighted by atomic mass is 9.67. The van der Waals surface area contributed by atoms with Gasteiger partial charge in [-0.2, -0.15) is 0 Å². The number of rotatable bonds is 3. The Morgan fingerprint density at radius 3 is 2.12 bits per heavy atom. The summed E-state index contributed by atoms with van der Waals surface area (Å²) in [5, 5.41) is 2.40. The Morgan fingerprint density at radius 2 is 1.45 bits per heavy atom. The van der Waals surface area contributed by atoms with Crippen LogP contribution >= 0.6 is 0 Å². The Labute approximate surface area is 347 Å². The molecule has 0 spiro atoms. The molecule has 3 aromatic heterocycles. The van der Waals surface area contributed by atoms with Crippen molar-refractivity contribution in [1.82, 2.24) is 14.5 Å². The van der Waals surface area contributed by atoms with Crippen molar-refractivity contribution in [3.8, 4) is 17.3 Å². The van der Waals surface area contributed by atoms with E-state index in [1.165, 1.54) is 33.0 Å². The standard InChI is InChI=1S/C52H60N4O2/c1-28-17-40-45(53-27-28)56-41-25-42(30(3)19-37(41)38-23-35(48(8,9)10)24-39(43(38)56)50(40,14)15)57-36-21-32(20-34(22-36)47(5,6)7)46-55-51(16)44-33(18-29(2)31(4)54-44)26-52(51,58-46)49(11,12)13/h17-25,27H,26H2,1-16H3/t51-,52-/m1/s1/i26D2. The Morgan fingerprint density at radius 1 is 0.759 bits per heavy atom. The minimum absolute atomic E-state index is 0.0369. The SMILES string of the molecule is [2H]C1([2H])c2cc(C)c(C)nc2[C@@]2(C)N=C(c3cc(Oc4cc5c(cc4C)c4cc(C(C)(C)C)cc6c4n5-c4ncc(C)cc4C6(C)C)cc(C(C)(C)C)c3)O[C@@]12C(C)(C)C. The summed E-state index contributed by atoms with van der Waals surface area (Å²) >= 11 is 0. The minimum Gasteiger partial charge on any atom is -0.467 e. The maximum atomic E-state index is 9.77. The third-order valence-electron chi connectivity index (χ3n) is 13.4. The molecule has 6 nitrogen and oxygen atoms in total. The molecular weight excluding hydrogens is 713 g/mol. The molecule has 0 N–H and O–H groups in total. The normalized spacial score (nSPS) is 22.2. The molecule has 300 valence electrons. The quantitative estimate of drug-likeness (QED) is 0.180. The van der Waals surface area contributed by atoms with E-state index in [9.17, 15) is 2.74 Å². The molecule has 0 fully saturated rings. The van der Waals surface area contributed by atoms with Crippen LogP contribution in [0.4, 0.5) is 0 Å². The fourth-order valence-corrected chi connectivity index (χ4v) is 9.68. The highest BCUT2D eigenvalue weighted by Gasteiger charge is 2.67. The second-order valence-electron chi connectivity index (χ2n) is 21.2. The summed E-state index contributed by atoms with van der Waals surface area (Å²) in [6, 6.07) is 19.7. The van der Waals surface area contributed by atoms with Crippen LogP contribution in [-0.2, 0) is 32.9 Å². The van der Waals surface area contributed by atoms with Crippen LogP contribution in [0.15, 0.2) is 65.8 Å². The number of ether oxygens (including phenoxy) is 2. The van der Waals surface area contributed by atoms with Crippen LogP contribution in [0.5, 0.6) is 11.5 Å². The van der Waals surface area contributed by atoms with Gasteiger partial charge in [0.05, 0.1) is 16.7 Å². The lowest BCUT2D eigenvalue weighted by Gasteiger charge is -2.45. The first-order chi connectivity index (χ1) is 27.6. The molecule has 0 saturated heterocycles. The zero-order valence-corrected chi connectivity index (χ0v) is 37.4. The molecule has 0 saturated carbocycles. The van der Waals surface area contributed by atoms with Gasteiger partial charge in [-0.3, -0.25) is 9.55 Å². The molecule has 1 aliphatic carbocycles. The van der Waals surface area contributed by atoms with E-state index < -0.39 is 22.9 Å². The van der Waals surface area contributed by atoms with Gasteiger partial charge in [-0.25, -0.2) is 9.98 Å². The van der Waals surface area contributed by atoms with Crippen LogP contribution < -0.4 is 4.74 Å². The highest BCUT2D eigenvalue weighted by molar-refractivity contribution is 6.12. The molecule has 0 bridgehead atoms. The van der Waals surface area contributed by atoms with Gasteiger partial charge >= 0.3 is 0 Å². The van der Waals surface area contributed by atoms with Crippen molar-refractivity contribution in [3.63, 3.8) is 0 Å². The predicted molar refractivity (Wildman–Crippen MR) is 239 cm³/mol. The van der Waals surface area contributed by atoms with Gasteiger partial charge in [0.15, 0.2) is 5.60 Å². The van der Waals surface area contributed by atoms with Crippen LogP contribution in [-0.4, -0.2) is 26.0 Å². The summed E-state index contributed by atoms with van der Waals surface area (Å²) < 4.78 is 36.0. The maximum Gasteiger partial charge on any atom is 0.217 e. The number of fused-ring (bicyclic) bond motifs is 8. The maximum absolute atomic E-state index is 9.77. The van der Waals surface area contributed by atoms with Gasteiger partial charge in [-0.15, -0.1) is 0 Å². The van der Waals surface area contributed by atoms with Crippen LogP contribution in [0, 0.1) is 33.1 Å². The number of pyridine rings is 2. The fourth-order valence-electron chi connectivity index (χ4n) is 9.68. The van der Waals surface area contributed by atoms with Crippen molar-refractivity contribution in [2.45, 2.75) is 145 Å². The minimum atomic E-state index is -1.88. The highest BCUT2D eigenvalue weighted by Crippen LogP contribution is 2.60. The van der Waals surface area contributed by atoms with Gasteiger partial charge < -0.3 is 9.47 Å². The Hall–Kier alpha value is -4.97. The molecule has 2 aliphatic heterocycles. The monoisotopic (exact) mass is 774 g/mol. The lowest BCUT2D eigenvalue weighted by Crippen LogP contribution is -2.54. The lowest BCUT2D eigenvalue weighted by molar-refractivity contribution is -0.0681. The van der Waals surface area contributed by atoms with Crippen molar-refractivity contribution < 1.29 is 12.2 Å². The van der Waals surface area contributed by atoms with Gasteiger partial charge in [-0.1, -0.05) is 88.3 Å². The molecule has 6 heteroatoms. The Bertz CT molecular complexity index is 2900. The molecule has 3 aromatic carbocycles. The smallest absolute Gasteiger partial charge is 0.217 e. The average molecular weight is 775 g/mol. The van der Waals surface area contributed by atoms with Crippen molar-refractivity contribution in [2.24, 2.45) is 10.4 Å². The van der Waals surface area contributed by atoms with E-state index in [1.807, 2.05) is 59.9 Å². The summed E-state index contributed by atoms with van der Waals surface area (Å²) in [5.41, 5.74) is 9.42. The Kier molecular flexibility index (Phi) is 7.37. The third kappa shape index (κ3) is 5.31. The van der Waals surface area contributed by atoms with E-state index in [2.05, 4.69) is 116 Å². The number of aryl methyl sites for hydroxylation is 4. The van der Waals surface area contributed by atoms with Crippen molar-refractivity contribution in [3.05, 3.63) is 122 Å². The highest BCUT2D eigenvalue weighted by atomic mass is 16.5. The van der Waals surface area contributed by atoms with Crippen molar-refractivity contribution in [1.29, 1.82) is 0 Å². The van der Waals surface area contributed by atoms with Crippen LogP contribution in [0.3, 0.4) is 0 Å². The second-order valence-corrected chi connectivity index (χ2v) is 21.2. The molecule has 0 radical (unpaired) electrons. The van der Waals surface area contributed by atoms with Gasteiger partial charge in [0, 0.05) is 59.8 Å². The van der Waals surface area contributed by atoms with Crippen molar-refractivity contribution in [2.75, 3.05) is 0 Å². The number of benzene rings is 3. The summed E-state index contributed by atoms with van der Waals surface area (Å²) in [5.74, 6) is 2.76. The summed E-state index contributed by atoms with van der Waals surface area (Å²) in [7, 11) is 0. The summed E-state index contributed by atoms with van der Waals surface area (Å²) in [6.07, 6.45) is 0.0935. The van der Waals surface area contributed by atoms with Gasteiger partial charge in [-0.05, 0) is 121 Å². The predicted octanol–water partition coefficient (Wildman–Crippen LogP) is 12.9. The zero-order chi connectivity index (χ0) is 43.7. The van der Waals surface area contributed by atoms with E-state index in [0.29, 0.717) is 22.9 Å². The first-order valence-corrected chi connectivity index (χ1v) is 20.8. The molecule has 2 atom stereocenters. The molecule has 5 heterocycles.